The Morgan fingerprint density at radius 2 is 1.91 bits per heavy atom. The average Bonchev–Trinajstić information content (AvgIpc) is 2.62. The van der Waals surface area contributed by atoms with Crippen molar-refractivity contribution in [2.24, 2.45) is 0 Å². The first-order valence-corrected chi connectivity index (χ1v) is 8.32. The zero-order valence-corrected chi connectivity index (χ0v) is 13.3. The van der Waals surface area contributed by atoms with E-state index in [1.54, 1.807) is 25.4 Å². The second kappa shape index (κ2) is 7.09. The van der Waals surface area contributed by atoms with E-state index in [1.165, 1.54) is 32.1 Å². The van der Waals surface area contributed by atoms with Crippen molar-refractivity contribution >= 4 is 5.91 Å². The van der Waals surface area contributed by atoms with Gasteiger partial charge in [-0.3, -0.25) is 9.69 Å². The molecule has 2 heterocycles. The molecule has 2 fully saturated rings. The second-order valence-corrected chi connectivity index (χ2v) is 6.18. The van der Waals surface area contributed by atoms with Crippen LogP contribution in [0.1, 0.15) is 42.5 Å². The van der Waals surface area contributed by atoms with E-state index in [0.29, 0.717) is 11.4 Å². The molecule has 22 heavy (non-hydrogen) atoms. The molecule has 0 N–H and O–H groups in total. The number of pyridine rings is 1. The van der Waals surface area contributed by atoms with Crippen LogP contribution < -0.4 is 4.74 Å². The van der Waals surface area contributed by atoms with Crippen LogP contribution in [-0.4, -0.2) is 60.0 Å². The molecule has 2 aliphatic rings. The Morgan fingerprint density at radius 3 is 2.59 bits per heavy atom. The Kier molecular flexibility index (Phi) is 4.93. The minimum absolute atomic E-state index is 0.0354. The number of amides is 1. The molecule has 3 rings (SSSR count). The van der Waals surface area contributed by atoms with Crippen molar-refractivity contribution in [3.05, 3.63) is 23.9 Å². The Hall–Kier alpha value is -1.62. The number of piperazine rings is 1. The molecule has 1 aromatic heterocycles. The molecule has 1 saturated carbocycles. The van der Waals surface area contributed by atoms with Crippen LogP contribution in [-0.2, 0) is 0 Å². The zero-order chi connectivity index (χ0) is 15.4. The SMILES string of the molecule is COc1ncccc1C(=O)N1CCN(C2CCCCC2)CC1. The minimum Gasteiger partial charge on any atom is -0.480 e. The lowest BCUT2D eigenvalue weighted by atomic mass is 9.94. The van der Waals surface area contributed by atoms with Gasteiger partial charge in [0, 0.05) is 38.4 Å². The van der Waals surface area contributed by atoms with Crippen LogP contribution in [0.5, 0.6) is 5.88 Å². The Bertz CT molecular complexity index is 506. The summed E-state index contributed by atoms with van der Waals surface area (Å²) in [5, 5.41) is 0. The highest BCUT2D eigenvalue weighted by molar-refractivity contribution is 5.96. The highest BCUT2D eigenvalue weighted by Gasteiger charge is 2.28. The maximum Gasteiger partial charge on any atom is 0.259 e. The minimum atomic E-state index is 0.0354. The van der Waals surface area contributed by atoms with Crippen LogP contribution in [0.25, 0.3) is 0 Å². The predicted octanol–water partition coefficient (Wildman–Crippen LogP) is 2.18. The first-order valence-electron chi connectivity index (χ1n) is 8.32. The Balaban J connectivity index is 1.59. The largest absolute Gasteiger partial charge is 0.480 e. The van der Waals surface area contributed by atoms with Gasteiger partial charge in [0.05, 0.1) is 7.11 Å². The molecule has 0 aromatic carbocycles. The molecular weight excluding hydrogens is 278 g/mol. The standard InChI is InChI=1S/C17H25N3O2/c1-22-16-15(8-5-9-18-16)17(21)20-12-10-19(11-13-20)14-6-3-2-4-7-14/h5,8-9,14H,2-4,6-7,10-13H2,1H3. The fraction of sp³-hybridized carbons (Fsp3) is 0.647. The van der Waals surface area contributed by atoms with Crippen LogP contribution in [0, 0.1) is 0 Å². The monoisotopic (exact) mass is 303 g/mol. The molecule has 0 unspecified atom stereocenters. The molecule has 1 saturated heterocycles. The zero-order valence-electron chi connectivity index (χ0n) is 13.3. The van der Waals surface area contributed by atoms with Crippen molar-refractivity contribution in [2.45, 2.75) is 38.1 Å². The molecule has 0 atom stereocenters. The molecule has 1 aliphatic heterocycles. The lowest BCUT2D eigenvalue weighted by molar-refractivity contribution is 0.0520. The summed E-state index contributed by atoms with van der Waals surface area (Å²) in [7, 11) is 1.56. The van der Waals surface area contributed by atoms with Crippen LogP contribution in [0.3, 0.4) is 0 Å². The highest BCUT2D eigenvalue weighted by atomic mass is 16.5. The van der Waals surface area contributed by atoms with Gasteiger partial charge in [0.25, 0.3) is 5.91 Å². The predicted molar refractivity (Wildman–Crippen MR) is 85.1 cm³/mol. The van der Waals surface area contributed by atoms with E-state index in [1.807, 2.05) is 4.90 Å². The van der Waals surface area contributed by atoms with Crippen molar-refractivity contribution in [2.75, 3.05) is 33.3 Å². The van der Waals surface area contributed by atoms with Crippen molar-refractivity contribution in [3.8, 4) is 5.88 Å². The van der Waals surface area contributed by atoms with Gasteiger partial charge in [-0.05, 0) is 25.0 Å². The molecule has 1 amide bonds. The lowest BCUT2D eigenvalue weighted by Gasteiger charge is -2.40. The van der Waals surface area contributed by atoms with Gasteiger partial charge in [0.15, 0.2) is 0 Å². The maximum absolute atomic E-state index is 12.6. The first kappa shape index (κ1) is 15.3. The number of nitrogens with zero attached hydrogens (tertiary/aromatic N) is 3. The summed E-state index contributed by atoms with van der Waals surface area (Å²) < 4.78 is 5.20. The van der Waals surface area contributed by atoms with Crippen molar-refractivity contribution in [1.82, 2.24) is 14.8 Å². The topological polar surface area (TPSA) is 45.7 Å². The number of methoxy groups -OCH3 is 1. The average molecular weight is 303 g/mol. The molecule has 0 radical (unpaired) electrons. The van der Waals surface area contributed by atoms with Gasteiger partial charge >= 0.3 is 0 Å². The van der Waals surface area contributed by atoms with Gasteiger partial charge in [-0.25, -0.2) is 4.98 Å². The van der Waals surface area contributed by atoms with E-state index in [-0.39, 0.29) is 5.91 Å². The number of hydrogen-bond acceptors (Lipinski definition) is 4. The maximum atomic E-state index is 12.6. The number of rotatable bonds is 3. The van der Waals surface area contributed by atoms with E-state index in [2.05, 4.69) is 9.88 Å². The van der Waals surface area contributed by atoms with Gasteiger partial charge in [-0.1, -0.05) is 19.3 Å². The summed E-state index contributed by atoms with van der Waals surface area (Å²) in [5.41, 5.74) is 0.566. The van der Waals surface area contributed by atoms with Crippen LogP contribution in [0.15, 0.2) is 18.3 Å². The molecule has 1 aliphatic carbocycles. The fourth-order valence-corrected chi connectivity index (χ4v) is 3.62. The normalized spacial score (nSPS) is 20.9. The molecule has 5 heteroatoms. The smallest absolute Gasteiger partial charge is 0.259 e. The molecule has 120 valence electrons. The van der Waals surface area contributed by atoms with E-state index in [4.69, 9.17) is 4.74 Å². The van der Waals surface area contributed by atoms with Gasteiger partial charge in [-0.2, -0.15) is 0 Å². The van der Waals surface area contributed by atoms with Crippen molar-refractivity contribution in [3.63, 3.8) is 0 Å². The third-order valence-electron chi connectivity index (χ3n) is 4.89. The Labute approximate surface area is 132 Å². The molecular formula is C17H25N3O2. The van der Waals surface area contributed by atoms with Crippen LogP contribution in [0.4, 0.5) is 0 Å². The van der Waals surface area contributed by atoms with E-state index in [0.717, 1.165) is 32.2 Å². The second-order valence-electron chi connectivity index (χ2n) is 6.18. The van der Waals surface area contributed by atoms with E-state index in [9.17, 15) is 4.79 Å². The van der Waals surface area contributed by atoms with Crippen LogP contribution >= 0.6 is 0 Å². The first-order chi connectivity index (χ1) is 10.8. The van der Waals surface area contributed by atoms with Gasteiger partial charge in [0.2, 0.25) is 5.88 Å². The molecule has 0 bridgehead atoms. The fourth-order valence-electron chi connectivity index (χ4n) is 3.62. The van der Waals surface area contributed by atoms with Crippen molar-refractivity contribution in [1.29, 1.82) is 0 Å². The molecule has 5 nitrogen and oxygen atoms in total. The summed E-state index contributed by atoms with van der Waals surface area (Å²) in [6.07, 6.45) is 8.40. The number of carbonyl (C=O) groups excluding carboxylic acids is 1. The number of aromatic nitrogens is 1. The summed E-state index contributed by atoms with van der Waals surface area (Å²) in [5.74, 6) is 0.454. The lowest BCUT2D eigenvalue weighted by Crippen LogP contribution is -2.52. The van der Waals surface area contributed by atoms with Crippen molar-refractivity contribution < 1.29 is 9.53 Å². The third kappa shape index (κ3) is 3.24. The van der Waals surface area contributed by atoms with E-state index < -0.39 is 0 Å². The highest BCUT2D eigenvalue weighted by Crippen LogP contribution is 2.24. The van der Waals surface area contributed by atoms with E-state index >= 15 is 0 Å². The third-order valence-corrected chi connectivity index (χ3v) is 4.89. The van der Waals surface area contributed by atoms with Gasteiger partial charge in [0.1, 0.15) is 5.56 Å². The summed E-state index contributed by atoms with van der Waals surface area (Å²) in [6, 6.07) is 4.31. The Morgan fingerprint density at radius 1 is 1.18 bits per heavy atom. The van der Waals surface area contributed by atoms with Gasteiger partial charge in [-0.15, -0.1) is 0 Å². The van der Waals surface area contributed by atoms with Gasteiger partial charge < -0.3 is 9.64 Å². The quantitative estimate of drug-likeness (QED) is 0.858. The summed E-state index contributed by atoms with van der Waals surface area (Å²) >= 11 is 0. The summed E-state index contributed by atoms with van der Waals surface area (Å²) in [6.45, 7) is 3.57. The van der Waals surface area contributed by atoms with Crippen LogP contribution in [0.2, 0.25) is 0 Å². The number of hydrogen-bond donors (Lipinski definition) is 0. The number of ether oxygens (including phenoxy) is 1. The molecule has 0 spiro atoms. The number of carbonyl (C=O) groups is 1. The molecule has 1 aromatic rings. The summed E-state index contributed by atoms with van der Waals surface area (Å²) in [4.78, 5) is 21.3.